The number of hydrogen-bond donors (Lipinski definition) is 1. The fourth-order valence-electron chi connectivity index (χ4n) is 2.25. The number of hydrogen-bond acceptors (Lipinski definition) is 2. The van der Waals surface area contributed by atoms with E-state index < -0.39 is 0 Å². The molecule has 0 fully saturated rings. The lowest BCUT2D eigenvalue weighted by Crippen LogP contribution is -2.38. The second kappa shape index (κ2) is 6.37. The van der Waals surface area contributed by atoms with E-state index >= 15 is 0 Å². The number of nitrogens with zero attached hydrogens (tertiary/aromatic N) is 2. The van der Waals surface area contributed by atoms with Crippen molar-refractivity contribution in [3.05, 3.63) is 18.0 Å². The molecule has 2 unspecified atom stereocenters. The van der Waals surface area contributed by atoms with Gasteiger partial charge < -0.3 is 5.32 Å². The van der Waals surface area contributed by atoms with Crippen LogP contribution in [-0.2, 0) is 6.42 Å². The molecule has 1 aromatic rings. The highest BCUT2D eigenvalue weighted by molar-refractivity contribution is 5.01. The van der Waals surface area contributed by atoms with Gasteiger partial charge in [-0.2, -0.15) is 5.10 Å². The molecule has 0 bridgehead atoms. The van der Waals surface area contributed by atoms with E-state index in [1.54, 1.807) is 0 Å². The maximum absolute atomic E-state index is 4.66. The highest BCUT2D eigenvalue weighted by Crippen LogP contribution is 2.22. The molecule has 0 aliphatic heterocycles. The van der Waals surface area contributed by atoms with Crippen LogP contribution in [0.3, 0.4) is 0 Å². The molecule has 0 saturated heterocycles. The first-order valence-corrected chi connectivity index (χ1v) is 7.09. The highest BCUT2D eigenvalue weighted by atomic mass is 15.3. The third-order valence-electron chi connectivity index (χ3n) is 3.79. The van der Waals surface area contributed by atoms with Crippen LogP contribution in [0.4, 0.5) is 0 Å². The molecular weight excluding hydrogens is 222 g/mol. The van der Waals surface area contributed by atoms with E-state index in [2.05, 4.69) is 62.0 Å². The Morgan fingerprint density at radius 1 is 1.39 bits per heavy atom. The van der Waals surface area contributed by atoms with Gasteiger partial charge in [-0.25, -0.2) is 0 Å². The first-order chi connectivity index (χ1) is 8.38. The number of aromatic nitrogens is 2. The van der Waals surface area contributed by atoms with Gasteiger partial charge in [0.1, 0.15) is 0 Å². The molecule has 0 radical (unpaired) electrons. The van der Waals surface area contributed by atoms with Crippen LogP contribution in [0.1, 0.15) is 59.2 Å². The van der Waals surface area contributed by atoms with Crippen LogP contribution in [0.25, 0.3) is 0 Å². The summed E-state index contributed by atoms with van der Waals surface area (Å²) in [5, 5.41) is 8.08. The Labute approximate surface area is 112 Å². The molecule has 1 rings (SSSR count). The van der Waals surface area contributed by atoms with Crippen LogP contribution in [0.2, 0.25) is 0 Å². The summed E-state index contributed by atoms with van der Waals surface area (Å²) < 4.78 is 2.08. The molecule has 3 nitrogen and oxygen atoms in total. The average Bonchev–Trinajstić information content (AvgIpc) is 2.75. The zero-order valence-electron chi connectivity index (χ0n) is 12.8. The summed E-state index contributed by atoms with van der Waals surface area (Å²) in [6, 6.07) is 3.19. The van der Waals surface area contributed by atoms with Crippen LogP contribution in [0, 0.1) is 5.41 Å². The second-order valence-electron chi connectivity index (χ2n) is 6.29. The van der Waals surface area contributed by atoms with Gasteiger partial charge in [0.15, 0.2) is 0 Å². The van der Waals surface area contributed by atoms with Gasteiger partial charge in [-0.1, -0.05) is 27.7 Å². The fourth-order valence-corrected chi connectivity index (χ4v) is 2.25. The third kappa shape index (κ3) is 4.13. The number of rotatable bonds is 6. The first kappa shape index (κ1) is 15.2. The summed E-state index contributed by atoms with van der Waals surface area (Å²) in [5.74, 6) is 0. The number of nitrogens with one attached hydrogen (secondary N) is 1. The molecular formula is C15H29N3. The van der Waals surface area contributed by atoms with Gasteiger partial charge in [-0.3, -0.25) is 4.68 Å². The summed E-state index contributed by atoms with van der Waals surface area (Å²) in [6.45, 7) is 11.3. The van der Waals surface area contributed by atoms with Crippen molar-refractivity contribution in [2.45, 2.75) is 66.0 Å². The topological polar surface area (TPSA) is 29.9 Å². The zero-order chi connectivity index (χ0) is 13.8. The molecule has 0 amide bonds. The summed E-state index contributed by atoms with van der Waals surface area (Å²) in [5.41, 5.74) is 1.51. The van der Waals surface area contributed by atoms with E-state index in [0.29, 0.717) is 17.5 Å². The van der Waals surface area contributed by atoms with Gasteiger partial charge in [0.25, 0.3) is 0 Å². The molecule has 1 N–H and O–H groups in total. The Balaban J connectivity index is 2.55. The predicted molar refractivity (Wildman–Crippen MR) is 77.9 cm³/mol. The Kier molecular flexibility index (Phi) is 5.39. The Bertz CT molecular complexity index is 349. The van der Waals surface area contributed by atoms with Crippen LogP contribution < -0.4 is 5.32 Å². The average molecular weight is 251 g/mol. The molecule has 104 valence electrons. The number of aryl methyl sites for hydroxylation is 1. The van der Waals surface area contributed by atoms with E-state index in [4.69, 9.17) is 0 Å². The normalized spacial score (nSPS) is 15.7. The van der Waals surface area contributed by atoms with Gasteiger partial charge >= 0.3 is 0 Å². The van der Waals surface area contributed by atoms with Gasteiger partial charge in [0.05, 0.1) is 5.69 Å². The van der Waals surface area contributed by atoms with E-state index in [1.807, 2.05) is 7.05 Å². The van der Waals surface area contributed by atoms with Crippen LogP contribution in [0.15, 0.2) is 12.3 Å². The lowest BCUT2D eigenvalue weighted by Gasteiger charge is -2.30. The minimum Gasteiger partial charge on any atom is -0.316 e. The van der Waals surface area contributed by atoms with Crippen LogP contribution in [0.5, 0.6) is 0 Å². The second-order valence-corrected chi connectivity index (χ2v) is 6.29. The molecule has 0 aromatic carbocycles. The smallest absolute Gasteiger partial charge is 0.0625 e. The lowest BCUT2D eigenvalue weighted by molar-refractivity contribution is 0.267. The minimum absolute atomic E-state index is 0.300. The maximum atomic E-state index is 4.66. The molecule has 0 saturated carbocycles. The van der Waals surface area contributed by atoms with Crippen LogP contribution in [-0.4, -0.2) is 22.9 Å². The van der Waals surface area contributed by atoms with Crippen molar-refractivity contribution in [1.82, 2.24) is 15.1 Å². The van der Waals surface area contributed by atoms with Crippen LogP contribution >= 0.6 is 0 Å². The largest absolute Gasteiger partial charge is 0.316 e. The summed E-state index contributed by atoms with van der Waals surface area (Å²) in [7, 11) is 2.05. The summed E-state index contributed by atoms with van der Waals surface area (Å²) in [6.07, 6.45) is 5.42. The maximum Gasteiger partial charge on any atom is 0.0625 e. The summed E-state index contributed by atoms with van der Waals surface area (Å²) >= 11 is 0. The van der Waals surface area contributed by atoms with E-state index in [0.717, 1.165) is 19.3 Å². The first-order valence-electron chi connectivity index (χ1n) is 7.09. The van der Waals surface area contributed by atoms with Gasteiger partial charge in [0.2, 0.25) is 0 Å². The van der Waals surface area contributed by atoms with Crippen molar-refractivity contribution in [3.8, 4) is 0 Å². The molecule has 1 heterocycles. The fraction of sp³-hybridized carbons (Fsp3) is 0.800. The van der Waals surface area contributed by atoms with Crippen molar-refractivity contribution in [1.29, 1.82) is 0 Å². The molecule has 1 aromatic heterocycles. The zero-order valence-corrected chi connectivity index (χ0v) is 12.8. The van der Waals surface area contributed by atoms with Gasteiger partial charge in [-0.15, -0.1) is 0 Å². The molecule has 0 spiro atoms. The molecule has 3 heteroatoms. The molecule has 0 aliphatic carbocycles. The lowest BCUT2D eigenvalue weighted by atomic mass is 9.84. The van der Waals surface area contributed by atoms with Crippen molar-refractivity contribution in [2.75, 3.05) is 7.05 Å². The van der Waals surface area contributed by atoms with Gasteiger partial charge in [0, 0.05) is 18.3 Å². The molecule has 2 atom stereocenters. The van der Waals surface area contributed by atoms with Crippen molar-refractivity contribution < 1.29 is 0 Å². The van der Waals surface area contributed by atoms with E-state index in [1.165, 1.54) is 5.69 Å². The monoisotopic (exact) mass is 251 g/mol. The van der Waals surface area contributed by atoms with Crippen molar-refractivity contribution in [3.63, 3.8) is 0 Å². The Morgan fingerprint density at radius 2 is 2.06 bits per heavy atom. The quantitative estimate of drug-likeness (QED) is 0.839. The molecule has 18 heavy (non-hydrogen) atoms. The Hall–Kier alpha value is -0.830. The Morgan fingerprint density at radius 3 is 2.56 bits per heavy atom. The predicted octanol–water partition coefficient (Wildman–Crippen LogP) is 3.42. The minimum atomic E-state index is 0.300. The summed E-state index contributed by atoms with van der Waals surface area (Å²) in [4.78, 5) is 0. The third-order valence-corrected chi connectivity index (χ3v) is 3.79. The van der Waals surface area contributed by atoms with Gasteiger partial charge in [-0.05, 0) is 44.7 Å². The van der Waals surface area contributed by atoms with Crippen molar-refractivity contribution in [2.24, 2.45) is 5.41 Å². The SMILES string of the molecule is CCC(C)n1ccc(CCC(NC)C(C)(C)C)n1. The van der Waals surface area contributed by atoms with E-state index in [9.17, 15) is 0 Å². The molecule has 0 aliphatic rings. The van der Waals surface area contributed by atoms with Crippen molar-refractivity contribution >= 4 is 0 Å². The van der Waals surface area contributed by atoms with E-state index in [-0.39, 0.29) is 0 Å². The standard InChI is InChI=1S/C15H29N3/c1-7-12(2)18-11-10-13(17-18)8-9-14(16-6)15(3,4)5/h10-12,14,16H,7-9H2,1-6H3. The highest BCUT2D eigenvalue weighted by Gasteiger charge is 2.22.